The molecule has 2 rings (SSSR count). The van der Waals surface area contributed by atoms with Crippen LogP contribution in [0.3, 0.4) is 0 Å². The van der Waals surface area contributed by atoms with E-state index in [2.05, 4.69) is 0 Å². The van der Waals surface area contributed by atoms with E-state index >= 15 is 0 Å². The van der Waals surface area contributed by atoms with Gasteiger partial charge in [0.1, 0.15) is 0 Å². The molecule has 0 heterocycles. The van der Waals surface area contributed by atoms with Gasteiger partial charge >= 0.3 is 0 Å². The zero-order valence-electron chi connectivity index (χ0n) is 10.6. The molecule has 20 heavy (non-hydrogen) atoms. The van der Waals surface area contributed by atoms with Gasteiger partial charge in [-0.05, 0) is 29.7 Å². The SMILES string of the molecule is O=[N+]([O-])c1ccc([C@@H](O)C[C@H](Cl)c2ccccc2)cc1. The van der Waals surface area contributed by atoms with E-state index < -0.39 is 11.0 Å². The van der Waals surface area contributed by atoms with Gasteiger partial charge in [-0.1, -0.05) is 30.3 Å². The Morgan fingerprint density at radius 3 is 2.20 bits per heavy atom. The van der Waals surface area contributed by atoms with E-state index in [0.29, 0.717) is 12.0 Å². The number of non-ortho nitro benzene ring substituents is 1. The van der Waals surface area contributed by atoms with Crippen molar-refractivity contribution in [1.29, 1.82) is 0 Å². The summed E-state index contributed by atoms with van der Waals surface area (Å²) in [5, 5.41) is 20.4. The van der Waals surface area contributed by atoms with E-state index in [1.807, 2.05) is 30.3 Å². The smallest absolute Gasteiger partial charge is 0.269 e. The van der Waals surface area contributed by atoms with Gasteiger partial charge in [0.05, 0.1) is 16.4 Å². The molecule has 0 unspecified atom stereocenters. The molecule has 0 aliphatic rings. The van der Waals surface area contributed by atoms with Gasteiger partial charge in [0.2, 0.25) is 0 Å². The molecule has 0 saturated heterocycles. The fourth-order valence-corrected chi connectivity index (χ4v) is 2.26. The summed E-state index contributed by atoms with van der Waals surface area (Å²) in [5.74, 6) is 0. The largest absolute Gasteiger partial charge is 0.388 e. The molecule has 0 amide bonds. The molecule has 0 aliphatic carbocycles. The number of hydrogen-bond acceptors (Lipinski definition) is 3. The summed E-state index contributed by atoms with van der Waals surface area (Å²) in [6.45, 7) is 0. The summed E-state index contributed by atoms with van der Waals surface area (Å²) in [6, 6.07) is 15.4. The van der Waals surface area contributed by atoms with Crippen LogP contribution in [0, 0.1) is 10.1 Å². The average molecular weight is 292 g/mol. The minimum atomic E-state index is -0.751. The van der Waals surface area contributed by atoms with Gasteiger partial charge in [-0.3, -0.25) is 10.1 Å². The van der Waals surface area contributed by atoms with E-state index in [-0.39, 0.29) is 11.1 Å². The first kappa shape index (κ1) is 14.5. The van der Waals surface area contributed by atoms with E-state index in [1.54, 1.807) is 12.1 Å². The number of halogens is 1. The summed E-state index contributed by atoms with van der Waals surface area (Å²) in [5.41, 5.74) is 1.57. The Kier molecular flexibility index (Phi) is 4.71. The molecule has 0 aliphatic heterocycles. The van der Waals surface area contributed by atoms with Crippen LogP contribution in [0.5, 0.6) is 0 Å². The Morgan fingerprint density at radius 2 is 1.65 bits per heavy atom. The first-order valence-electron chi connectivity index (χ1n) is 6.19. The predicted octanol–water partition coefficient (Wildman–Crippen LogP) is 4.00. The number of nitro benzene ring substituents is 1. The lowest BCUT2D eigenvalue weighted by molar-refractivity contribution is -0.384. The number of benzene rings is 2. The topological polar surface area (TPSA) is 63.4 Å². The second kappa shape index (κ2) is 6.50. The van der Waals surface area contributed by atoms with E-state index in [9.17, 15) is 15.2 Å². The number of nitro groups is 1. The van der Waals surface area contributed by atoms with Gasteiger partial charge in [0.25, 0.3) is 5.69 Å². The van der Waals surface area contributed by atoms with Crippen LogP contribution in [0.15, 0.2) is 54.6 Å². The second-order valence-corrected chi connectivity index (χ2v) is 5.01. The van der Waals surface area contributed by atoms with Crippen molar-refractivity contribution in [2.24, 2.45) is 0 Å². The number of hydrogen-bond donors (Lipinski definition) is 1. The molecule has 2 aromatic rings. The van der Waals surface area contributed by atoms with Crippen molar-refractivity contribution >= 4 is 17.3 Å². The lowest BCUT2D eigenvalue weighted by Crippen LogP contribution is -2.02. The first-order valence-corrected chi connectivity index (χ1v) is 6.63. The predicted molar refractivity (Wildman–Crippen MR) is 77.7 cm³/mol. The summed E-state index contributed by atoms with van der Waals surface area (Å²) in [4.78, 5) is 10.1. The minimum absolute atomic E-state index is 0.00596. The van der Waals surface area contributed by atoms with Gasteiger partial charge in [-0.15, -0.1) is 11.6 Å². The molecule has 0 aromatic heterocycles. The van der Waals surface area contributed by atoms with Crippen molar-refractivity contribution < 1.29 is 10.0 Å². The minimum Gasteiger partial charge on any atom is -0.388 e. The van der Waals surface area contributed by atoms with Gasteiger partial charge in [0.15, 0.2) is 0 Å². The maximum Gasteiger partial charge on any atom is 0.269 e. The summed E-state index contributed by atoms with van der Waals surface area (Å²) in [7, 11) is 0. The highest BCUT2D eigenvalue weighted by molar-refractivity contribution is 6.20. The fraction of sp³-hybridized carbons (Fsp3) is 0.200. The molecule has 104 valence electrons. The highest BCUT2D eigenvalue weighted by atomic mass is 35.5. The lowest BCUT2D eigenvalue weighted by Gasteiger charge is -2.15. The van der Waals surface area contributed by atoms with Crippen molar-refractivity contribution in [3.63, 3.8) is 0 Å². The molecule has 2 aromatic carbocycles. The molecular formula is C15H14ClNO3. The Hall–Kier alpha value is -1.91. The number of aliphatic hydroxyl groups excluding tert-OH is 1. The molecule has 5 heteroatoms. The molecule has 0 bridgehead atoms. The number of aliphatic hydroxyl groups is 1. The molecule has 1 N–H and O–H groups in total. The Labute approximate surface area is 121 Å². The summed E-state index contributed by atoms with van der Waals surface area (Å²) in [6.07, 6.45) is -0.401. The van der Waals surface area contributed by atoms with Crippen LogP contribution in [-0.2, 0) is 0 Å². The quantitative estimate of drug-likeness (QED) is 0.514. The van der Waals surface area contributed by atoms with Crippen molar-refractivity contribution in [1.82, 2.24) is 0 Å². The Balaban J connectivity index is 2.04. The molecular weight excluding hydrogens is 278 g/mol. The van der Waals surface area contributed by atoms with Crippen molar-refractivity contribution in [3.8, 4) is 0 Å². The van der Waals surface area contributed by atoms with E-state index in [0.717, 1.165) is 5.56 Å². The standard InChI is InChI=1S/C15H14ClNO3/c16-14(11-4-2-1-3-5-11)10-15(18)12-6-8-13(9-7-12)17(19)20/h1-9,14-15,18H,10H2/t14-,15-/m0/s1. The van der Waals surface area contributed by atoms with Gasteiger partial charge in [-0.25, -0.2) is 0 Å². The van der Waals surface area contributed by atoms with Crippen molar-refractivity contribution in [2.45, 2.75) is 17.9 Å². The number of rotatable bonds is 5. The van der Waals surface area contributed by atoms with Gasteiger partial charge < -0.3 is 5.11 Å². The third kappa shape index (κ3) is 3.56. The molecule has 0 saturated carbocycles. The molecule has 0 spiro atoms. The van der Waals surface area contributed by atoms with Crippen LogP contribution in [-0.4, -0.2) is 10.0 Å². The van der Waals surface area contributed by atoms with Crippen LogP contribution in [0.2, 0.25) is 0 Å². The number of nitrogens with zero attached hydrogens (tertiary/aromatic N) is 1. The summed E-state index contributed by atoms with van der Waals surface area (Å²) < 4.78 is 0. The van der Waals surface area contributed by atoms with Crippen LogP contribution in [0.4, 0.5) is 5.69 Å². The van der Waals surface area contributed by atoms with Gasteiger partial charge in [0, 0.05) is 12.1 Å². The highest BCUT2D eigenvalue weighted by Gasteiger charge is 2.16. The van der Waals surface area contributed by atoms with Crippen molar-refractivity contribution in [2.75, 3.05) is 0 Å². The zero-order valence-corrected chi connectivity index (χ0v) is 11.4. The van der Waals surface area contributed by atoms with Crippen LogP contribution in [0.25, 0.3) is 0 Å². The monoisotopic (exact) mass is 291 g/mol. The summed E-state index contributed by atoms with van der Waals surface area (Å²) >= 11 is 6.26. The fourth-order valence-electron chi connectivity index (χ4n) is 1.95. The lowest BCUT2D eigenvalue weighted by atomic mass is 10.0. The number of alkyl halides is 1. The van der Waals surface area contributed by atoms with E-state index in [1.165, 1.54) is 12.1 Å². The van der Waals surface area contributed by atoms with E-state index in [4.69, 9.17) is 11.6 Å². The maximum atomic E-state index is 10.6. The van der Waals surface area contributed by atoms with Crippen LogP contribution >= 0.6 is 11.6 Å². The Bertz CT molecular complexity index is 571. The Morgan fingerprint density at radius 1 is 1.05 bits per heavy atom. The molecule has 4 nitrogen and oxygen atoms in total. The third-order valence-electron chi connectivity index (χ3n) is 3.08. The third-order valence-corrected chi connectivity index (χ3v) is 3.51. The average Bonchev–Trinajstić information content (AvgIpc) is 2.48. The van der Waals surface area contributed by atoms with Crippen LogP contribution in [0.1, 0.15) is 29.0 Å². The highest BCUT2D eigenvalue weighted by Crippen LogP contribution is 2.31. The molecule has 0 fully saturated rings. The van der Waals surface area contributed by atoms with Crippen molar-refractivity contribution in [3.05, 3.63) is 75.8 Å². The van der Waals surface area contributed by atoms with Gasteiger partial charge in [-0.2, -0.15) is 0 Å². The van der Waals surface area contributed by atoms with Crippen LogP contribution < -0.4 is 0 Å². The maximum absolute atomic E-state index is 10.6. The molecule has 2 atom stereocenters. The second-order valence-electron chi connectivity index (χ2n) is 4.48. The first-order chi connectivity index (χ1) is 9.58. The molecule has 0 radical (unpaired) electrons. The zero-order chi connectivity index (χ0) is 14.5. The normalized spacial score (nSPS) is 13.7.